The van der Waals surface area contributed by atoms with E-state index in [1.54, 1.807) is 11.0 Å². The normalized spacial score (nSPS) is 15.2. The summed E-state index contributed by atoms with van der Waals surface area (Å²) < 4.78 is 19.1. The first-order valence-electron chi connectivity index (χ1n) is 8.16. The topological polar surface area (TPSA) is 32.8 Å². The van der Waals surface area contributed by atoms with Gasteiger partial charge >= 0.3 is 0 Å². The van der Waals surface area contributed by atoms with E-state index < -0.39 is 5.82 Å². The molecule has 2 aromatic rings. The van der Waals surface area contributed by atoms with Gasteiger partial charge in [0.1, 0.15) is 11.6 Å². The zero-order valence-corrected chi connectivity index (χ0v) is 14.8. The fourth-order valence-corrected chi connectivity index (χ4v) is 3.05. The summed E-state index contributed by atoms with van der Waals surface area (Å²) in [6.07, 6.45) is 0. The predicted octanol–water partition coefficient (Wildman–Crippen LogP) is 3.45. The van der Waals surface area contributed by atoms with Crippen LogP contribution in [0.3, 0.4) is 0 Å². The largest absolute Gasteiger partial charge is 0.497 e. The van der Waals surface area contributed by atoms with Gasteiger partial charge in [0, 0.05) is 43.8 Å². The first kappa shape index (κ1) is 17.7. The average molecular weight is 363 g/mol. The maximum absolute atomic E-state index is 14.1. The summed E-state index contributed by atoms with van der Waals surface area (Å²) in [6, 6.07) is 12.1. The lowest BCUT2D eigenvalue weighted by atomic mass is 10.1. The van der Waals surface area contributed by atoms with E-state index >= 15 is 0 Å². The quantitative estimate of drug-likeness (QED) is 0.835. The third-order valence-corrected chi connectivity index (χ3v) is 4.64. The Bertz CT molecular complexity index is 744. The molecule has 0 N–H and O–H groups in total. The summed E-state index contributed by atoms with van der Waals surface area (Å²) in [7, 11) is 1.47. The molecule has 1 fully saturated rings. The highest BCUT2D eigenvalue weighted by molar-refractivity contribution is 6.30. The number of halogens is 2. The highest BCUT2D eigenvalue weighted by Gasteiger charge is 2.24. The van der Waals surface area contributed by atoms with E-state index in [0.717, 1.165) is 24.7 Å². The molecule has 1 aliphatic heterocycles. The summed E-state index contributed by atoms with van der Waals surface area (Å²) >= 11 is 5.90. The third kappa shape index (κ3) is 4.30. The lowest BCUT2D eigenvalue weighted by molar-refractivity contribution is 0.0624. The number of hydrogen-bond donors (Lipinski definition) is 0. The molecule has 3 rings (SSSR count). The van der Waals surface area contributed by atoms with Crippen LogP contribution in [0.25, 0.3) is 0 Å². The average Bonchev–Trinajstić information content (AvgIpc) is 2.63. The Labute approximate surface area is 151 Å². The van der Waals surface area contributed by atoms with Crippen LogP contribution in [0.1, 0.15) is 15.9 Å². The van der Waals surface area contributed by atoms with Crippen molar-refractivity contribution in [3.8, 4) is 5.75 Å². The van der Waals surface area contributed by atoms with Gasteiger partial charge in [-0.3, -0.25) is 9.69 Å². The lowest BCUT2D eigenvalue weighted by Crippen LogP contribution is -2.48. The van der Waals surface area contributed by atoms with Crippen molar-refractivity contribution in [2.24, 2.45) is 0 Å². The summed E-state index contributed by atoms with van der Waals surface area (Å²) in [4.78, 5) is 16.5. The first-order valence-corrected chi connectivity index (χ1v) is 8.54. The minimum absolute atomic E-state index is 0.0898. The second-order valence-corrected chi connectivity index (χ2v) is 6.48. The zero-order valence-electron chi connectivity index (χ0n) is 14.0. The van der Waals surface area contributed by atoms with Gasteiger partial charge in [-0.05, 0) is 29.8 Å². The van der Waals surface area contributed by atoms with E-state index in [2.05, 4.69) is 4.90 Å². The highest BCUT2D eigenvalue weighted by Crippen LogP contribution is 2.19. The van der Waals surface area contributed by atoms with E-state index in [1.165, 1.54) is 24.8 Å². The minimum atomic E-state index is -0.548. The number of rotatable bonds is 4. The Hall–Kier alpha value is -2.11. The van der Waals surface area contributed by atoms with Crippen LogP contribution in [0.2, 0.25) is 5.02 Å². The molecule has 0 atom stereocenters. The third-order valence-electron chi connectivity index (χ3n) is 4.39. The fourth-order valence-electron chi connectivity index (χ4n) is 2.92. The second-order valence-electron chi connectivity index (χ2n) is 6.04. The number of methoxy groups -OCH3 is 1. The number of benzene rings is 2. The second kappa shape index (κ2) is 7.85. The van der Waals surface area contributed by atoms with Crippen LogP contribution in [0.5, 0.6) is 5.75 Å². The SMILES string of the molecule is COc1ccc(C(=O)N2CCN(Cc3ccc(Cl)cc3)CC2)c(F)c1. The van der Waals surface area contributed by atoms with Crippen LogP contribution in [0, 0.1) is 5.82 Å². The molecular formula is C19H20ClFN2O2. The van der Waals surface area contributed by atoms with Crippen LogP contribution >= 0.6 is 11.6 Å². The van der Waals surface area contributed by atoms with Gasteiger partial charge in [-0.2, -0.15) is 0 Å². The van der Waals surface area contributed by atoms with Gasteiger partial charge in [-0.1, -0.05) is 23.7 Å². The number of ether oxygens (including phenoxy) is 1. The fraction of sp³-hybridized carbons (Fsp3) is 0.316. The molecule has 0 radical (unpaired) electrons. The van der Waals surface area contributed by atoms with Gasteiger partial charge < -0.3 is 9.64 Å². The van der Waals surface area contributed by atoms with E-state index in [0.29, 0.717) is 18.8 Å². The van der Waals surface area contributed by atoms with Gasteiger partial charge in [-0.15, -0.1) is 0 Å². The van der Waals surface area contributed by atoms with Crippen molar-refractivity contribution in [3.05, 3.63) is 64.4 Å². The number of piperazine rings is 1. The number of nitrogens with zero attached hydrogens (tertiary/aromatic N) is 2. The molecular weight excluding hydrogens is 343 g/mol. The molecule has 0 aliphatic carbocycles. The van der Waals surface area contributed by atoms with E-state index in [4.69, 9.17) is 16.3 Å². The standard InChI is InChI=1S/C19H20ClFN2O2/c1-25-16-6-7-17(18(21)12-16)19(24)23-10-8-22(9-11-23)13-14-2-4-15(20)5-3-14/h2-7,12H,8-11,13H2,1H3. The van der Waals surface area contributed by atoms with E-state index in [1.807, 2.05) is 24.3 Å². The smallest absolute Gasteiger partial charge is 0.256 e. The summed E-state index contributed by atoms with van der Waals surface area (Å²) in [5.41, 5.74) is 1.28. The summed E-state index contributed by atoms with van der Waals surface area (Å²) in [5, 5.41) is 0.723. The summed E-state index contributed by atoms with van der Waals surface area (Å²) in [5.74, 6) is -0.416. The van der Waals surface area contributed by atoms with Crippen molar-refractivity contribution in [2.45, 2.75) is 6.54 Å². The van der Waals surface area contributed by atoms with Gasteiger partial charge in [0.2, 0.25) is 0 Å². The van der Waals surface area contributed by atoms with Gasteiger partial charge in [0.05, 0.1) is 12.7 Å². The van der Waals surface area contributed by atoms with E-state index in [9.17, 15) is 9.18 Å². The lowest BCUT2D eigenvalue weighted by Gasteiger charge is -2.34. The number of hydrogen-bond acceptors (Lipinski definition) is 3. The summed E-state index contributed by atoms with van der Waals surface area (Å²) in [6.45, 7) is 3.49. The van der Waals surface area contributed by atoms with Crippen molar-refractivity contribution < 1.29 is 13.9 Å². The molecule has 2 aromatic carbocycles. The molecule has 132 valence electrons. The van der Waals surface area contributed by atoms with Crippen molar-refractivity contribution >= 4 is 17.5 Å². The number of carbonyl (C=O) groups excluding carboxylic acids is 1. The number of carbonyl (C=O) groups is 1. The predicted molar refractivity (Wildman–Crippen MR) is 95.6 cm³/mol. The van der Waals surface area contributed by atoms with Crippen LogP contribution in [-0.4, -0.2) is 49.0 Å². The van der Waals surface area contributed by atoms with Crippen molar-refractivity contribution in [3.63, 3.8) is 0 Å². The van der Waals surface area contributed by atoms with Crippen molar-refractivity contribution in [2.75, 3.05) is 33.3 Å². The molecule has 1 heterocycles. The Balaban J connectivity index is 1.58. The van der Waals surface area contributed by atoms with Crippen LogP contribution in [0.15, 0.2) is 42.5 Å². The molecule has 1 saturated heterocycles. The van der Waals surface area contributed by atoms with Crippen molar-refractivity contribution in [1.29, 1.82) is 0 Å². The minimum Gasteiger partial charge on any atom is -0.497 e. The maximum atomic E-state index is 14.1. The Morgan fingerprint density at radius 1 is 1.12 bits per heavy atom. The molecule has 4 nitrogen and oxygen atoms in total. The molecule has 6 heteroatoms. The Morgan fingerprint density at radius 2 is 1.80 bits per heavy atom. The maximum Gasteiger partial charge on any atom is 0.256 e. The molecule has 25 heavy (non-hydrogen) atoms. The molecule has 0 bridgehead atoms. The molecule has 0 spiro atoms. The van der Waals surface area contributed by atoms with Gasteiger partial charge in [0.25, 0.3) is 5.91 Å². The Morgan fingerprint density at radius 3 is 2.40 bits per heavy atom. The van der Waals surface area contributed by atoms with E-state index in [-0.39, 0.29) is 11.5 Å². The molecule has 0 saturated carbocycles. The first-order chi connectivity index (χ1) is 12.1. The highest BCUT2D eigenvalue weighted by atomic mass is 35.5. The van der Waals surface area contributed by atoms with Gasteiger partial charge in [-0.25, -0.2) is 4.39 Å². The zero-order chi connectivity index (χ0) is 17.8. The van der Waals surface area contributed by atoms with Crippen LogP contribution < -0.4 is 4.74 Å². The van der Waals surface area contributed by atoms with Crippen LogP contribution in [0.4, 0.5) is 4.39 Å². The monoisotopic (exact) mass is 362 g/mol. The Kier molecular flexibility index (Phi) is 5.56. The molecule has 0 unspecified atom stereocenters. The molecule has 0 aromatic heterocycles. The van der Waals surface area contributed by atoms with Gasteiger partial charge in [0.15, 0.2) is 0 Å². The number of amides is 1. The van der Waals surface area contributed by atoms with Crippen molar-refractivity contribution in [1.82, 2.24) is 9.80 Å². The molecule has 1 aliphatic rings. The molecule has 1 amide bonds. The van der Waals surface area contributed by atoms with Crippen LogP contribution in [-0.2, 0) is 6.54 Å².